The fourth-order valence-corrected chi connectivity index (χ4v) is 3.15. The summed E-state index contributed by atoms with van der Waals surface area (Å²) in [6, 6.07) is 17.9. The number of piperidine rings is 1. The van der Waals surface area contributed by atoms with Gasteiger partial charge in [0, 0.05) is 18.8 Å². The van der Waals surface area contributed by atoms with Gasteiger partial charge >= 0.3 is 5.97 Å². The van der Waals surface area contributed by atoms with E-state index < -0.39 is 5.97 Å². The Kier molecular flexibility index (Phi) is 4.42. The minimum atomic E-state index is -0.859. The average molecular weight is 295 g/mol. The van der Waals surface area contributed by atoms with E-state index in [1.165, 1.54) is 24.1 Å². The molecule has 0 spiro atoms. The lowest BCUT2D eigenvalue weighted by Crippen LogP contribution is -2.34. The fourth-order valence-electron chi connectivity index (χ4n) is 3.15. The van der Waals surface area contributed by atoms with Crippen molar-refractivity contribution in [1.82, 2.24) is 0 Å². The third kappa shape index (κ3) is 3.48. The van der Waals surface area contributed by atoms with Crippen molar-refractivity contribution in [2.75, 3.05) is 18.0 Å². The molecule has 0 aromatic heterocycles. The van der Waals surface area contributed by atoms with E-state index in [-0.39, 0.29) is 0 Å². The number of anilines is 1. The van der Waals surface area contributed by atoms with Crippen LogP contribution in [0.25, 0.3) is 0 Å². The molecule has 114 valence electrons. The van der Waals surface area contributed by atoms with E-state index in [1.54, 1.807) is 12.1 Å². The molecule has 3 nitrogen and oxygen atoms in total. The minimum Gasteiger partial charge on any atom is -0.478 e. The first-order valence-corrected chi connectivity index (χ1v) is 7.84. The predicted octanol–water partition coefficient (Wildman–Crippen LogP) is 3.84. The Hall–Kier alpha value is -2.29. The molecule has 0 aliphatic carbocycles. The Bertz CT molecular complexity index is 614. The first kappa shape index (κ1) is 14.6. The summed E-state index contributed by atoms with van der Waals surface area (Å²) in [6.07, 6.45) is 3.42. The third-order valence-electron chi connectivity index (χ3n) is 4.46. The van der Waals surface area contributed by atoms with Crippen LogP contribution in [0.2, 0.25) is 0 Å². The molecule has 1 aliphatic heterocycles. The average Bonchev–Trinajstić information content (AvgIpc) is 2.57. The second kappa shape index (κ2) is 6.65. The number of nitrogens with zero attached hydrogens (tertiary/aromatic N) is 1. The molecule has 0 bridgehead atoms. The normalized spacial score (nSPS) is 15.7. The van der Waals surface area contributed by atoms with Crippen molar-refractivity contribution in [2.45, 2.75) is 19.3 Å². The van der Waals surface area contributed by atoms with Crippen LogP contribution in [0.3, 0.4) is 0 Å². The van der Waals surface area contributed by atoms with Crippen molar-refractivity contribution >= 4 is 11.7 Å². The van der Waals surface area contributed by atoms with Crippen LogP contribution in [0, 0.1) is 5.92 Å². The van der Waals surface area contributed by atoms with Crippen molar-refractivity contribution in [1.29, 1.82) is 0 Å². The van der Waals surface area contributed by atoms with Gasteiger partial charge in [0.2, 0.25) is 0 Å². The topological polar surface area (TPSA) is 40.5 Å². The van der Waals surface area contributed by atoms with Crippen LogP contribution in [0.5, 0.6) is 0 Å². The van der Waals surface area contributed by atoms with E-state index in [0.29, 0.717) is 11.5 Å². The molecule has 0 saturated carbocycles. The maximum absolute atomic E-state index is 10.9. The van der Waals surface area contributed by atoms with Crippen molar-refractivity contribution < 1.29 is 9.90 Å². The standard InChI is InChI=1S/C19H21NO2/c21-19(22)17-8-6-15(7-9-17)14-16-10-12-20(13-11-16)18-4-2-1-3-5-18/h1-9,16H,10-14H2,(H,21,22). The first-order valence-electron chi connectivity index (χ1n) is 7.84. The summed E-state index contributed by atoms with van der Waals surface area (Å²) in [4.78, 5) is 13.3. The maximum atomic E-state index is 10.9. The van der Waals surface area contributed by atoms with E-state index in [4.69, 9.17) is 5.11 Å². The zero-order valence-corrected chi connectivity index (χ0v) is 12.6. The molecule has 3 rings (SSSR count). The van der Waals surface area contributed by atoms with Crippen LogP contribution >= 0.6 is 0 Å². The second-order valence-electron chi connectivity index (χ2n) is 5.97. The van der Waals surface area contributed by atoms with E-state index in [0.717, 1.165) is 19.5 Å². The number of hydrogen-bond donors (Lipinski definition) is 1. The zero-order valence-electron chi connectivity index (χ0n) is 12.6. The Balaban J connectivity index is 1.54. The molecule has 0 unspecified atom stereocenters. The number of benzene rings is 2. The number of carboxylic acids is 1. The molecule has 0 radical (unpaired) electrons. The lowest BCUT2D eigenvalue weighted by atomic mass is 9.89. The van der Waals surface area contributed by atoms with Gasteiger partial charge in [0.1, 0.15) is 0 Å². The van der Waals surface area contributed by atoms with Gasteiger partial charge in [-0.15, -0.1) is 0 Å². The molecule has 1 heterocycles. The van der Waals surface area contributed by atoms with E-state index >= 15 is 0 Å². The number of hydrogen-bond acceptors (Lipinski definition) is 2. The van der Waals surface area contributed by atoms with Gasteiger partial charge in [0.15, 0.2) is 0 Å². The predicted molar refractivity (Wildman–Crippen MR) is 88.5 cm³/mol. The highest BCUT2D eigenvalue weighted by Gasteiger charge is 2.19. The van der Waals surface area contributed by atoms with Crippen LogP contribution in [-0.4, -0.2) is 24.2 Å². The third-order valence-corrected chi connectivity index (χ3v) is 4.46. The van der Waals surface area contributed by atoms with Gasteiger partial charge in [-0.3, -0.25) is 0 Å². The highest BCUT2D eigenvalue weighted by atomic mass is 16.4. The van der Waals surface area contributed by atoms with Crippen molar-refractivity contribution in [3.8, 4) is 0 Å². The van der Waals surface area contributed by atoms with E-state index in [9.17, 15) is 4.79 Å². The molecule has 2 aromatic carbocycles. The maximum Gasteiger partial charge on any atom is 0.335 e. The van der Waals surface area contributed by atoms with Crippen LogP contribution in [0.15, 0.2) is 54.6 Å². The molecule has 1 saturated heterocycles. The minimum absolute atomic E-state index is 0.364. The Morgan fingerprint density at radius 1 is 1.00 bits per heavy atom. The van der Waals surface area contributed by atoms with Gasteiger partial charge < -0.3 is 10.0 Å². The number of carboxylic acid groups (broad SMARTS) is 1. The van der Waals surface area contributed by atoms with Gasteiger partial charge in [-0.2, -0.15) is 0 Å². The van der Waals surface area contributed by atoms with Gasteiger partial charge in [0.05, 0.1) is 5.56 Å². The van der Waals surface area contributed by atoms with Crippen molar-refractivity contribution in [3.63, 3.8) is 0 Å². The smallest absolute Gasteiger partial charge is 0.335 e. The molecular formula is C19H21NO2. The summed E-state index contributed by atoms with van der Waals surface area (Å²) in [7, 11) is 0. The SMILES string of the molecule is O=C(O)c1ccc(CC2CCN(c3ccccc3)CC2)cc1. The highest BCUT2D eigenvalue weighted by molar-refractivity contribution is 5.87. The molecule has 1 aliphatic rings. The molecule has 1 fully saturated rings. The summed E-state index contributed by atoms with van der Waals surface area (Å²) < 4.78 is 0. The van der Waals surface area contributed by atoms with Crippen molar-refractivity contribution in [3.05, 3.63) is 65.7 Å². The largest absolute Gasteiger partial charge is 0.478 e. The lowest BCUT2D eigenvalue weighted by Gasteiger charge is -2.33. The quantitative estimate of drug-likeness (QED) is 0.931. The molecule has 0 atom stereocenters. The van der Waals surface area contributed by atoms with Crippen LogP contribution < -0.4 is 4.90 Å². The molecule has 2 aromatic rings. The summed E-state index contributed by atoms with van der Waals surface area (Å²) in [5.74, 6) is -0.168. The summed E-state index contributed by atoms with van der Waals surface area (Å²) in [6.45, 7) is 2.20. The molecule has 22 heavy (non-hydrogen) atoms. The number of aromatic carboxylic acids is 1. The van der Waals surface area contributed by atoms with Crippen LogP contribution in [0.4, 0.5) is 5.69 Å². The molecule has 3 heteroatoms. The summed E-state index contributed by atoms with van der Waals surface area (Å²) in [5, 5.41) is 8.93. The van der Waals surface area contributed by atoms with E-state index in [1.807, 2.05) is 12.1 Å². The van der Waals surface area contributed by atoms with Crippen LogP contribution in [-0.2, 0) is 6.42 Å². The highest BCUT2D eigenvalue weighted by Crippen LogP contribution is 2.25. The van der Waals surface area contributed by atoms with Gasteiger partial charge in [0.25, 0.3) is 0 Å². The zero-order chi connectivity index (χ0) is 15.4. The number of rotatable bonds is 4. The monoisotopic (exact) mass is 295 g/mol. The molecule has 0 amide bonds. The Morgan fingerprint density at radius 3 is 2.23 bits per heavy atom. The lowest BCUT2D eigenvalue weighted by molar-refractivity contribution is 0.0697. The second-order valence-corrected chi connectivity index (χ2v) is 5.97. The fraction of sp³-hybridized carbons (Fsp3) is 0.316. The molecular weight excluding hydrogens is 274 g/mol. The van der Waals surface area contributed by atoms with Gasteiger partial charge in [-0.1, -0.05) is 30.3 Å². The summed E-state index contributed by atoms with van der Waals surface area (Å²) >= 11 is 0. The molecule has 1 N–H and O–H groups in total. The van der Waals surface area contributed by atoms with Crippen molar-refractivity contribution in [2.24, 2.45) is 5.92 Å². The summed E-state index contributed by atoms with van der Waals surface area (Å²) in [5.41, 5.74) is 2.91. The van der Waals surface area contributed by atoms with Gasteiger partial charge in [-0.05, 0) is 55.0 Å². The van der Waals surface area contributed by atoms with Gasteiger partial charge in [-0.25, -0.2) is 4.79 Å². The Morgan fingerprint density at radius 2 is 1.64 bits per heavy atom. The van der Waals surface area contributed by atoms with Crippen LogP contribution in [0.1, 0.15) is 28.8 Å². The number of para-hydroxylation sites is 1. The first-order chi connectivity index (χ1) is 10.7. The number of carbonyl (C=O) groups is 1. The Labute approximate surface area is 131 Å². The van der Waals surface area contributed by atoms with E-state index in [2.05, 4.69) is 35.2 Å².